The van der Waals surface area contributed by atoms with Gasteiger partial charge in [0.15, 0.2) is 11.5 Å². The second-order valence-electron chi connectivity index (χ2n) is 9.44. The van der Waals surface area contributed by atoms with Gasteiger partial charge in [0.25, 0.3) is 11.7 Å². The number of ketones is 1. The Hall–Kier alpha value is -3.52. The van der Waals surface area contributed by atoms with Gasteiger partial charge in [0.1, 0.15) is 17.6 Å². The van der Waals surface area contributed by atoms with Gasteiger partial charge in [-0.2, -0.15) is 0 Å². The molecule has 0 unspecified atom stereocenters. The van der Waals surface area contributed by atoms with Crippen LogP contribution in [-0.4, -0.2) is 73.1 Å². The summed E-state index contributed by atoms with van der Waals surface area (Å²) >= 11 is 0. The highest BCUT2D eigenvalue weighted by atomic mass is 16.5. The second-order valence-corrected chi connectivity index (χ2v) is 9.44. The molecule has 8 heteroatoms. The first-order valence-corrected chi connectivity index (χ1v) is 12.8. The quantitative estimate of drug-likeness (QED) is 0.293. The van der Waals surface area contributed by atoms with Gasteiger partial charge in [0.2, 0.25) is 0 Å². The monoisotopic (exact) mass is 508 g/mol. The average Bonchev–Trinajstić information content (AvgIpc) is 3.41. The fraction of sp³-hybridized carbons (Fsp3) is 0.448. The van der Waals surface area contributed by atoms with Crippen molar-refractivity contribution < 1.29 is 28.9 Å². The van der Waals surface area contributed by atoms with Crippen molar-refractivity contribution in [3.8, 4) is 17.2 Å². The Morgan fingerprint density at radius 2 is 1.81 bits per heavy atom. The van der Waals surface area contributed by atoms with E-state index in [9.17, 15) is 14.7 Å². The van der Waals surface area contributed by atoms with Crippen molar-refractivity contribution in [1.29, 1.82) is 0 Å². The summed E-state index contributed by atoms with van der Waals surface area (Å²) in [5.74, 6) is 0.309. The Bertz CT molecular complexity index is 1200. The minimum absolute atomic E-state index is 0.0514. The molecule has 2 atom stereocenters. The molecule has 198 valence electrons. The molecule has 0 aliphatic carbocycles. The molecule has 0 aromatic heterocycles. The summed E-state index contributed by atoms with van der Waals surface area (Å²) in [6.45, 7) is 9.19. The van der Waals surface area contributed by atoms with E-state index in [4.69, 9.17) is 14.2 Å². The number of aliphatic hydroxyl groups excluding tert-OH is 1. The van der Waals surface area contributed by atoms with Gasteiger partial charge in [-0.25, -0.2) is 0 Å². The van der Waals surface area contributed by atoms with E-state index >= 15 is 0 Å². The molecule has 1 fully saturated rings. The van der Waals surface area contributed by atoms with Crippen LogP contribution in [0.5, 0.6) is 17.2 Å². The third-order valence-electron chi connectivity index (χ3n) is 7.20. The number of rotatable bonds is 10. The number of Topliss-reactive ketones (excluding diaryl/α,β-unsaturated/α-hetero) is 1. The Kier molecular flexibility index (Phi) is 8.07. The van der Waals surface area contributed by atoms with E-state index in [0.29, 0.717) is 35.6 Å². The lowest BCUT2D eigenvalue weighted by molar-refractivity contribution is -0.140. The van der Waals surface area contributed by atoms with Crippen molar-refractivity contribution in [2.24, 2.45) is 0 Å². The number of carbonyl (C=O) groups is 2. The molecule has 37 heavy (non-hydrogen) atoms. The normalized spacial score (nSPS) is 20.3. The third kappa shape index (κ3) is 5.16. The molecule has 2 aliphatic rings. The Morgan fingerprint density at radius 3 is 2.49 bits per heavy atom. The predicted molar refractivity (Wildman–Crippen MR) is 141 cm³/mol. The first-order valence-electron chi connectivity index (χ1n) is 12.8. The molecule has 8 nitrogen and oxygen atoms in total. The molecule has 2 heterocycles. The van der Waals surface area contributed by atoms with Crippen molar-refractivity contribution in [2.45, 2.75) is 45.8 Å². The maximum absolute atomic E-state index is 13.4. The van der Waals surface area contributed by atoms with Gasteiger partial charge in [0, 0.05) is 18.5 Å². The standard InChI is InChI=1S/C29H36N2O6/c1-6-30(7-2)13-8-14-31-26(19-9-12-23(35-4)24(17-19)36-5)25(28(33)29(31)34)27(32)20-10-11-22-21(16-20)15-18(3)37-22/h9-12,16-18,26,32H,6-8,13-15H2,1-5H3/t18-,26-/m0/s1. The number of amides is 1. The van der Waals surface area contributed by atoms with E-state index in [2.05, 4.69) is 18.7 Å². The number of likely N-dealkylation sites (tertiary alicyclic amines) is 1. The van der Waals surface area contributed by atoms with E-state index in [0.717, 1.165) is 37.4 Å². The van der Waals surface area contributed by atoms with Gasteiger partial charge in [-0.1, -0.05) is 19.9 Å². The van der Waals surface area contributed by atoms with E-state index in [1.807, 2.05) is 13.0 Å². The van der Waals surface area contributed by atoms with Crippen molar-refractivity contribution >= 4 is 17.4 Å². The number of fused-ring (bicyclic) bond motifs is 1. The highest BCUT2D eigenvalue weighted by molar-refractivity contribution is 6.46. The lowest BCUT2D eigenvalue weighted by atomic mass is 9.94. The molecule has 1 N–H and O–H groups in total. The Morgan fingerprint density at radius 1 is 1.08 bits per heavy atom. The van der Waals surface area contributed by atoms with Crippen LogP contribution >= 0.6 is 0 Å². The van der Waals surface area contributed by atoms with Gasteiger partial charge in [-0.15, -0.1) is 0 Å². The summed E-state index contributed by atoms with van der Waals surface area (Å²) < 4.78 is 16.7. The second kappa shape index (κ2) is 11.3. The van der Waals surface area contributed by atoms with Crippen LogP contribution < -0.4 is 14.2 Å². The number of ether oxygens (including phenoxy) is 3. The van der Waals surface area contributed by atoms with E-state index in [-0.39, 0.29) is 17.4 Å². The van der Waals surface area contributed by atoms with E-state index in [1.165, 1.54) is 7.11 Å². The van der Waals surface area contributed by atoms with Crippen molar-refractivity contribution in [3.63, 3.8) is 0 Å². The van der Waals surface area contributed by atoms with E-state index < -0.39 is 17.7 Å². The predicted octanol–water partition coefficient (Wildman–Crippen LogP) is 4.18. The average molecular weight is 509 g/mol. The fourth-order valence-electron chi connectivity index (χ4n) is 5.21. The highest BCUT2D eigenvalue weighted by Crippen LogP contribution is 2.42. The molecule has 2 aliphatic heterocycles. The number of benzene rings is 2. The van der Waals surface area contributed by atoms with Crippen LogP contribution in [-0.2, 0) is 16.0 Å². The maximum atomic E-state index is 13.4. The smallest absolute Gasteiger partial charge is 0.295 e. The van der Waals surface area contributed by atoms with Gasteiger partial charge in [-0.05, 0) is 74.4 Å². The third-order valence-corrected chi connectivity index (χ3v) is 7.20. The van der Waals surface area contributed by atoms with Crippen LogP contribution in [0.15, 0.2) is 42.0 Å². The summed E-state index contributed by atoms with van der Waals surface area (Å²) in [6.07, 6.45) is 1.47. The molecule has 2 aromatic rings. The molecule has 0 saturated carbocycles. The van der Waals surface area contributed by atoms with Crippen LogP contribution in [0.3, 0.4) is 0 Å². The zero-order valence-corrected chi connectivity index (χ0v) is 22.2. The summed E-state index contributed by atoms with van der Waals surface area (Å²) in [5, 5.41) is 11.4. The molecular weight excluding hydrogens is 472 g/mol. The molecule has 1 saturated heterocycles. The molecule has 4 rings (SSSR count). The summed E-state index contributed by atoms with van der Waals surface area (Å²) in [5.41, 5.74) is 2.20. The van der Waals surface area contributed by atoms with Crippen LogP contribution in [0, 0.1) is 0 Å². The highest BCUT2D eigenvalue weighted by Gasteiger charge is 2.46. The van der Waals surface area contributed by atoms with Gasteiger partial charge < -0.3 is 29.1 Å². The molecule has 1 amide bonds. The number of hydrogen-bond acceptors (Lipinski definition) is 7. The Balaban J connectivity index is 1.78. The maximum Gasteiger partial charge on any atom is 0.295 e. The van der Waals surface area contributed by atoms with Crippen LogP contribution in [0.2, 0.25) is 0 Å². The van der Waals surface area contributed by atoms with Crippen molar-refractivity contribution in [1.82, 2.24) is 9.80 Å². The Labute approximate surface area is 218 Å². The minimum Gasteiger partial charge on any atom is -0.507 e. The molecule has 2 aromatic carbocycles. The first kappa shape index (κ1) is 26.5. The molecule has 0 bridgehead atoms. The van der Waals surface area contributed by atoms with Gasteiger partial charge in [0.05, 0.1) is 25.8 Å². The zero-order chi connectivity index (χ0) is 26.7. The SMILES string of the molecule is CCN(CC)CCCN1C(=O)C(=O)C(=C(O)c2ccc3c(c2)C[C@H](C)O3)[C@@H]1c1ccc(OC)c(OC)c1. The number of aliphatic hydroxyl groups is 1. The largest absolute Gasteiger partial charge is 0.507 e. The number of hydrogen-bond donors (Lipinski definition) is 1. The van der Waals surface area contributed by atoms with Crippen molar-refractivity contribution in [2.75, 3.05) is 40.4 Å². The van der Waals surface area contributed by atoms with Gasteiger partial charge in [-0.3, -0.25) is 9.59 Å². The number of methoxy groups -OCH3 is 2. The van der Waals surface area contributed by atoms with Crippen LogP contribution in [0.4, 0.5) is 0 Å². The topological polar surface area (TPSA) is 88.5 Å². The van der Waals surface area contributed by atoms with Crippen LogP contribution in [0.1, 0.15) is 49.9 Å². The lowest BCUT2D eigenvalue weighted by Gasteiger charge is -2.27. The molecular formula is C29H36N2O6. The fourth-order valence-corrected chi connectivity index (χ4v) is 5.21. The summed E-state index contributed by atoms with van der Waals surface area (Å²) in [4.78, 5) is 30.5. The van der Waals surface area contributed by atoms with Crippen LogP contribution in [0.25, 0.3) is 5.76 Å². The lowest BCUT2D eigenvalue weighted by Crippen LogP contribution is -2.33. The van der Waals surface area contributed by atoms with Crippen molar-refractivity contribution in [3.05, 3.63) is 58.7 Å². The summed E-state index contributed by atoms with van der Waals surface area (Å²) in [7, 11) is 3.09. The minimum atomic E-state index is -0.750. The van der Waals surface area contributed by atoms with E-state index in [1.54, 1.807) is 42.3 Å². The molecule has 0 spiro atoms. The van der Waals surface area contributed by atoms with Gasteiger partial charge >= 0.3 is 0 Å². The molecule has 0 radical (unpaired) electrons. The number of carbonyl (C=O) groups excluding carboxylic acids is 2. The number of nitrogens with zero attached hydrogens (tertiary/aromatic N) is 2. The zero-order valence-electron chi connectivity index (χ0n) is 22.2. The summed E-state index contributed by atoms with van der Waals surface area (Å²) in [6, 6.07) is 9.94. The first-order chi connectivity index (χ1) is 17.8.